The fourth-order valence-electron chi connectivity index (χ4n) is 3.49. The van der Waals surface area contributed by atoms with Gasteiger partial charge in [-0.25, -0.2) is 0 Å². The van der Waals surface area contributed by atoms with Crippen molar-refractivity contribution in [2.45, 2.75) is 57.6 Å². The summed E-state index contributed by atoms with van der Waals surface area (Å²) in [6, 6.07) is 7.97. The number of nitrogens with two attached hydrogens (primary N) is 1. The second kappa shape index (κ2) is 6.93. The molecule has 1 aromatic carbocycles. The van der Waals surface area contributed by atoms with Crippen LogP contribution in [-0.2, 0) is 11.2 Å². The number of hydrogen-bond donors (Lipinski definition) is 1. The van der Waals surface area contributed by atoms with Crippen molar-refractivity contribution >= 4 is 11.6 Å². The summed E-state index contributed by atoms with van der Waals surface area (Å²) in [7, 11) is 0. The van der Waals surface area contributed by atoms with E-state index in [2.05, 4.69) is 19.9 Å². The van der Waals surface area contributed by atoms with Crippen LogP contribution in [-0.4, -0.2) is 18.2 Å². The van der Waals surface area contributed by atoms with Crippen LogP contribution in [0.3, 0.4) is 0 Å². The van der Waals surface area contributed by atoms with Crippen LogP contribution in [0.1, 0.15) is 45.1 Å². The summed E-state index contributed by atoms with van der Waals surface area (Å²) < 4.78 is 6.15. The van der Waals surface area contributed by atoms with Crippen LogP contribution in [0.5, 0.6) is 0 Å². The zero-order valence-electron chi connectivity index (χ0n) is 12.6. The standard InChI is InChI=1S/C17H26ClNO/c1-3-20-17(10-6-7-13(2)12-17)16(19)11-14-8-4-5-9-15(14)18/h4-5,8-9,13,16H,3,6-7,10-12,19H2,1-2H3. The highest BCUT2D eigenvalue weighted by Gasteiger charge is 2.41. The molecular formula is C17H26ClNO. The van der Waals surface area contributed by atoms with Crippen molar-refractivity contribution in [1.29, 1.82) is 0 Å². The van der Waals surface area contributed by atoms with Crippen molar-refractivity contribution in [2.75, 3.05) is 6.61 Å². The van der Waals surface area contributed by atoms with Crippen LogP contribution < -0.4 is 5.73 Å². The zero-order chi connectivity index (χ0) is 14.6. The molecular weight excluding hydrogens is 270 g/mol. The van der Waals surface area contributed by atoms with Gasteiger partial charge in [0.05, 0.1) is 5.60 Å². The Kier molecular flexibility index (Phi) is 5.48. The lowest BCUT2D eigenvalue weighted by Gasteiger charge is -2.44. The van der Waals surface area contributed by atoms with Gasteiger partial charge < -0.3 is 10.5 Å². The SMILES string of the molecule is CCOC1(C(N)Cc2ccccc2Cl)CCCC(C)C1. The molecule has 20 heavy (non-hydrogen) atoms. The molecule has 3 unspecified atom stereocenters. The number of ether oxygens (including phenoxy) is 1. The molecule has 1 aromatic rings. The Morgan fingerprint density at radius 3 is 2.85 bits per heavy atom. The molecule has 0 aromatic heterocycles. The van der Waals surface area contributed by atoms with Gasteiger partial charge in [0.25, 0.3) is 0 Å². The Morgan fingerprint density at radius 2 is 2.20 bits per heavy atom. The van der Waals surface area contributed by atoms with E-state index in [1.165, 1.54) is 12.8 Å². The quantitative estimate of drug-likeness (QED) is 0.884. The van der Waals surface area contributed by atoms with Gasteiger partial charge in [-0.2, -0.15) is 0 Å². The molecule has 1 aliphatic carbocycles. The highest BCUT2D eigenvalue weighted by Crippen LogP contribution is 2.38. The van der Waals surface area contributed by atoms with Gasteiger partial charge in [0.15, 0.2) is 0 Å². The van der Waals surface area contributed by atoms with E-state index in [4.69, 9.17) is 22.1 Å². The summed E-state index contributed by atoms with van der Waals surface area (Å²) in [5, 5.41) is 0.804. The van der Waals surface area contributed by atoms with Crippen molar-refractivity contribution < 1.29 is 4.74 Å². The maximum Gasteiger partial charge on any atom is 0.0838 e. The van der Waals surface area contributed by atoms with Crippen molar-refractivity contribution in [1.82, 2.24) is 0 Å². The molecule has 2 rings (SSSR count). The van der Waals surface area contributed by atoms with Crippen molar-refractivity contribution in [2.24, 2.45) is 11.7 Å². The van der Waals surface area contributed by atoms with E-state index in [9.17, 15) is 0 Å². The fourth-order valence-corrected chi connectivity index (χ4v) is 3.71. The number of halogens is 1. The van der Waals surface area contributed by atoms with Gasteiger partial charge in [-0.05, 0) is 43.7 Å². The zero-order valence-corrected chi connectivity index (χ0v) is 13.3. The minimum absolute atomic E-state index is 0.00472. The molecule has 3 atom stereocenters. The predicted molar refractivity (Wildman–Crippen MR) is 85.1 cm³/mol. The second-order valence-electron chi connectivity index (χ2n) is 6.10. The average molecular weight is 296 g/mol. The molecule has 112 valence electrons. The molecule has 1 saturated carbocycles. The van der Waals surface area contributed by atoms with Gasteiger partial charge in [0, 0.05) is 17.7 Å². The normalized spacial score (nSPS) is 28.3. The van der Waals surface area contributed by atoms with Gasteiger partial charge in [-0.1, -0.05) is 49.6 Å². The molecule has 0 aliphatic heterocycles. The minimum Gasteiger partial charge on any atom is -0.374 e. The van der Waals surface area contributed by atoms with Gasteiger partial charge in [0.2, 0.25) is 0 Å². The summed E-state index contributed by atoms with van der Waals surface area (Å²) in [6.45, 7) is 5.08. The molecule has 1 fully saturated rings. The van der Waals surface area contributed by atoms with E-state index < -0.39 is 0 Å². The third-order valence-corrected chi connectivity index (χ3v) is 4.86. The highest BCUT2D eigenvalue weighted by molar-refractivity contribution is 6.31. The summed E-state index contributed by atoms with van der Waals surface area (Å²) >= 11 is 6.26. The lowest BCUT2D eigenvalue weighted by molar-refractivity contribution is -0.0925. The summed E-state index contributed by atoms with van der Waals surface area (Å²) in [5.41, 5.74) is 7.50. The molecule has 3 heteroatoms. The van der Waals surface area contributed by atoms with Crippen molar-refractivity contribution in [3.8, 4) is 0 Å². The maximum atomic E-state index is 6.55. The third-order valence-electron chi connectivity index (χ3n) is 4.50. The predicted octanol–water partition coefficient (Wildman–Crippen LogP) is 4.20. The van der Waals surface area contributed by atoms with Crippen molar-refractivity contribution in [3.63, 3.8) is 0 Å². The third kappa shape index (κ3) is 3.55. The minimum atomic E-state index is -0.175. The number of rotatable bonds is 5. The Balaban J connectivity index is 2.14. The topological polar surface area (TPSA) is 35.2 Å². The molecule has 2 nitrogen and oxygen atoms in total. The lowest BCUT2D eigenvalue weighted by Crippen LogP contribution is -2.53. The Hall–Kier alpha value is -0.570. The molecule has 0 heterocycles. The first-order valence-electron chi connectivity index (χ1n) is 7.70. The largest absolute Gasteiger partial charge is 0.374 e. The monoisotopic (exact) mass is 295 g/mol. The molecule has 0 amide bonds. The smallest absolute Gasteiger partial charge is 0.0838 e. The van der Waals surface area contributed by atoms with E-state index >= 15 is 0 Å². The van der Waals surface area contributed by atoms with E-state index in [1.807, 2.05) is 18.2 Å². The van der Waals surface area contributed by atoms with Gasteiger partial charge in [0.1, 0.15) is 0 Å². The summed E-state index contributed by atoms with van der Waals surface area (Å²) in [6.07, 6.45) is 5.40. The van der Waals surface area contributed by atoms with E-state index in [0.29, 0.717) is 5.92 Å². The van der Waals surface area contributed by atoms with Crippen LogP contribution in [0.4, 0.5) is 0 Å². The first-order chi connectivity index (χ1) is 9.57. The number of hydrogen-bond acceptors (Lipinski definition) is 2. The van der Waals surface area contributed by atoms with E-state index in [0.717, 1.165) is 36.5 Å². The Bertz CT molecular complexity index is 433. The maximum absolute atomic E-state index is 6.55. The van der Waals surface area contributed by atoms with Crippen LogP contribution >= 0.6 is 11.6 Å². The van der Waals surface area contributed by atoms with Gasteiger partial charge in [-0.15, -0.1) is 0 Å². The van der Waals surface area contributed by atoms with Crippen LogP contribution in [0.15, 0.2) is 24.3 Å². The van der Waals surface area contributed by atoms with Crippen molar-refractivity contribution in [3.05, 3.63) is 34.9 Å². The van der Waals surface area contributed by atoms with Gasteiger partial charge in [-0.3, -0.25) is 0 Å². The van der Waals surface area contributed by atoms with Crippen LogP contribution in [0.2, 0.25) is 5.02 Å². The first kappa shape index (κ1) is 15.8. The Morgan fingerprint density at radius 1 is 1.45 bits per heavy atom. The number of benzene rings is 1. The summed E-state index contributed by atoms with van der Waals surface area (Å²) in [5.74, 6) is 0.688. The molecule has 2 N–H and O–H groups in total. The lowest BCUT2D eigenvalue weighted by atomic mass is 9.73. The van der Waals surface area contributed by atoms with E-state index in [-0.39, 0.29) is 11.6 Å². The summed E-state index contributed by atoms with van der Waals surface area (Å²) in [4.78, 5) is 0. The second-order valence-corrected chi connectivity index (χ2v) is 6.51. The van der Waals surface area contributed by atoms with Gasteiger partial charge >= 0.3 is 0 Å². The first-order valence-corrected chi connectivity index (χ1v) is 8.08. The molecule has 0 spiro atoms. The van der Waals surface area contributed by atoms with E-state index in [1.54, 1.807) is 0 Å². The molecule has 0 saturated heterocycles. The fraction of sp³-hybridized carbons (Fsp3) is 0.647. The van der Waals surface area contributed by atoms with Crippen LogP contribution in [0, 0.1) is 5.92 Å². The highest BCUT2D eigenvalue weighted by atomic mass is 35.5. The molecule has 0 bridgehead atoms. The molecule has 0 radical (unpaired) electrons. The van der Waals surface area contributed by atoms with Crippen LogP contribution in [0.25, 0.3) is 0 Å². The molecule has 1 aliphatic rings. The Labute approximate surface area is 127 Å². The average Bonchev–Trinajstić information content (AvgIpc) is 2.41.